The average molecular weight is 213 g/mol. The Balaban J connectivity index is 2.20. The lowest BCUT2D eigenvalue weighted by molar-refractivity contribution is 0.0947. The molecule has 1 rings (SSSR count). The smallest absolute Gasteiger partial charge is 0.123 e. The molecule has 0 heterocycles. The molecular formula is C11H16FNO2. The predicted molar refractivity (Wildman–Crippen MR) is 56.1 cm³/mol. The third-order valence-electron chi connectivity index (χ3n) is 2.07. The summed E-state index contributed by atoms with van der Waals surface area (Å²) in [5.74, 6) is -0.233. The van der Waals surface area contributed by atoms with Crippen molar-refractivity contribution in [1.29, 1.82) is 0 Å². The highest BCUT2D eigenvalue weighted by Crippen LogP contribution is 2.03. The molecule has 0 spiro atoms. The Bertz CT molecular complexity index is 294. The Hall–Kier alpha value is -0.970. The van der Waals surface area contributed by atoms with E-state index >= 15 is 0 Å². The lowest BCUT2D eigenvalue weighted by Gasteiger charge is -2.08. The van der Waals surface area contributed by atoms with Crippen LogP contribution in [0.4, 0.5) is 4.39 Å². The first-order chi connectivity index (χ1) is 7.22. The van der Waals surface area contributed by atoms with E-state index in [1.54, 1.807) is 6.07 Å². The highest BCUT2D eigenvalue weighted by molar-refractivity contribution is 5.16. The number of halogens is 1. The van der Waals surface area contributed by atoms with Crippen molar-refractivity contribution in [2.75, 3.05) is 19.7 Å². The van der Waals surface area contributed by atoms with E-state index in [1.165, 1.54) is 12.1 Å². The van der Waals surface area contributed by atoms with Crippen LogP contribution >= 0.6 is 0 Å². The van der Waals surface area contributed by atoms with Gasteiger partial charge in [-0.3, -0.25) is 0 Å². The lowest BCUT2D eigenvalue weighted by Crippen LogP contribution is -2.30. The Kier molecular flexibility index (Phi) is 5.25. The molecule has 0 radical (unpaired) electrons. The summed E-state index contributed by atoms with van der Waals surface area (Å²) in [6.07, 6.45) is -0.0203. The van der Waals surface area contributed by atoms with Gasteiger partial charge in [0.05, 0.1) is 12.7 Å². The zero-order chi connectivity index (χ0) is 11.1. The third kappa shape index (κ3) is 4.88. The molecule has 0 aliphatic heterocycles. The predicted octanol–water partition coefficient (Wildman–Crippen LogP) is 0.311. The van der Waals surface area contributed by atoms with E-state index in [-0.39, 0.29) is 12.4 Å². The van der Waals surface area contributed by atoms with Crippen LogP contribution in [0.15, 0.2) is 24.3 Å². The number of hydrogen-bond donors (Lipinski definition) is 3. The molecule has 0 aliphatic carbocycles. The lowest BCUT2D eigenvalue weighted by atomic mass is 10.1. The number of aliphatic hydroxyl groups is 2. The normalized spacial score (nSPS) is 12.7. The number of hydrogen-bond acceptors (Lipinski definition) is 3. The van der Waals surface area contributed by atoms with Gasteiger partial charge < -0.3 is 15.5 Å². The fourth-order valence-electron chi connectivity index (χ4n) is 1.26. The molecule has 0 saturated carbocycles. The van der Waals surface area contributed by atoms with Crippen molar-refractivity contribution < 1.29 is 14.6 Å². The second kappa shape index (κ2) is 6.50. The summed E-state index contributed by atoms with van der Waals surface area (Å²) >= 11 is 0. The molecule has 1 aromatic carbocycles. The van der Waals surface area contributed by atoms with Crippen LogP contribution in [-0.2, 0) is 6.42 Å². The van der Waals surface area contributed by atoms with Gasteiger partial charge in [0, 0.05) is 6.54 Å². The van der Waals surface area contributed by atoms with Crippen LogP contribution < -0.4 is 5.32 Å². The molecule has 3 nitrogen and oxygen atoms in total. The van der Waals surface area contributed by atoms with Crippen LogP contribution in [0, 0.1) is 5.82 Å². The first kappa shape index (κ1) is 12.1. The quantitative estimate of drug-likeness (QED) is 0.596. The molecule has 0 fully saturated rings. The summed E-state index contributed by atoms with van der Waals surface area (Å²) in [6.45, 7) is 0.763. The Morgan fingerprint density at radius 2 is 2.20 bits per heavy atom. The van der Waals surface area contributed by atoms with E-state index in [0.717, 1.165) is 5.56 Å². The molecule has 84 valence electrons. The molecule has 15 heavy (non-hydrogen) atoms. The fraction of sp³-hybridized carbons (Fsp3) is 0.455. The van der Waals surface area contributed by atoms with Crippen molar-refractivity contribution in [3.63, 3.8) is 0 Å². The minimum Gasteiger partial charge on any atom is -0.394 e. The van der Waals surface area contributed by atoms with Gasteiger partial charge in [-0.05, 0) is 30.7 Å². The number of nitrogens with one attached hydrogen (secondary N) is 1. The molecule has 0 saturated heterocycles. The van der Waals surface area contributed by atoms with Gasteiger partial charge in [-0.2, -0.15) is 0 Å². The molecule has 4 heteroatoms. The highest BCUT2D eigenvalue weighted by atomic mass is 19.1. The van der Waals surface area contributed by atoms with Crippen LogP contribution in [0.1, 0.15) is 5.56 Å². The van der Waals surface area contributed by atoms with E-state index in [1.807, 2.05) is 6.07 Å². The molecule has 0 amide bonds. The Labute approximate surface area is 88.6 Å². The van der Waals surface area contributed by atoms with Gasteiger partial charge in [0.1, 0.15) is 5.82 Å². The molecular weight excluding hydrogens is 197 g/mol. The Morgan fingerprint density at radius 3 is 2.87 bits per heavy atom. The molecule has 0 aliphatic rings. The standard InChI is InChI=1S/C11H16FNO2/c12-10-3-1-2-9(6-10)4-5-13-7-11(15)8-14/h1-3,6,11,13-15H,4-5,7-8H2/t11-/m0/s1. The second-order valence-corrected chi connectivity index (χ2v) is 3.42. The molecule has 0 aromatic heterocycles. The van der Waals surface area contributed by atoms with Crippen molar-refractivity contribution in [2.45, 2.75) is 12.5 Å². The molecule has 0 bridgehead atoms. The minimum atomic E-state index is -0.725. The maximum Gasteiger partial charge on any atom is 0.123 e. The highest BCUT2D eigenvalue weighted by Gasteiger charge is 2.00. The third-order valence-corrected chi connectivity index (χ3v) is 2.07. The number of benzene rings is 1. The van der Waals surface area contributed by atoms with Crippen molar-refractivity contribution >= 4 is 0 Å². The van der Waals surface area contributed by atoms with Crippen molar-refractivity contribution in [3.05, 3.63) is 35.6 Å². The zero-order valence-electron chi connectivity index (χ0n) is 8.49. The maximum absolute atomic E-state index is 12.8. The number of rotatable bonds is 6. The van der Waals surface area contributed by atoms with E-state index in [9.17, 15) is 4.39 Å². The summed E-state index contributed by atoms with van der Waals surface area (Å²) < 4.78 is 12.8. The molecule has 0 unspecified atom stereocenters. The van der Waals surface area contributed by atoms with Crippen molar-refractivity contribution in [2.24, 2.45) is 0 Å². The summed E-state index contributed by atoms with van der Waals surface area (Å²) in [5.41, 5.74) is 0.918. The van der Waals surface area contributed by atoms with Gasteiger partial charge in [-0.1, -0.05) is 12.1 Å². The van der Waals surface area contributed by atoms with Crippen LogP contribution in [0.2, 0.25) is 0 Å². The largest absolute Gasteiger partial charge is 0.394 e. The Morgan fingerprint density at radius 1 is 1.40 bits per heavy atom. The minimum absolute atomic E-state index is 0.233. The SMILES string of the molecule is OC[C@@H](O)CNCCc1cccc(F)c1. The average Bonchev–Trinajstić information content (AvgIpc) is 2.24. The summed E-state index contributed by atoms with van der Waals surface area (Å²) in [4.78, 5) is 0. The number of aliphatic hydroxyl groups excluding tert-OH is 2. The van der Waals surface area contributed by atoms with Crippen molar-refractivity contribution in [3.8, 4) is 0 Å². The zero-order valence-corrected chi connectivity index (χ0v) is 8.49. The fourth-order valence-corrected chi connectivity index (χ4v) is 1.26. The van der Waals surface area contributed by atoms with Crippen LogP contribution in [0.3, 0.4) is 0 Å². The molecule has 1 atom stereocenters. The van der Waals surface area contributed by atoms with Gasteiger partial charge in [0.25, 0.3) is 0 Å². The van der Waals surface area contributed by atoms with Crippen molar-refractivity contribution in [1.82, 2.24) is 5.32 Å². The van der Waals surface area contributed by atoms with Gasteiger partial charge in [-0.25, -0.2) is 4.39 Å². The first-order valence-corrected chi connectivity index (χ1v) is 4.96. The molecule has 1 aromatic rings. The van der Waals surface area contributed by atoms with E-state index in [2.05, 4.69) is 5.32 Å². The van der Waals surface area contributed by atoms with Crippen LogP contribution in [0.5, 0.6) is 0 Å². The van der Waals surface area contributed by atoms with Gasteiger partial charge >= 0.3 is 0 Å². The van der Waals surface area contributed by atoms with Gasteiger partial charge in [0.2, 0.25) is 0 Å². The summed E-state index contributed by atoms with van der Waals surface area (Å²) in [6, 6.07) is 6.43. The van der Waals surface area contributed by atoms with Gasteiger partial charge in [0.15, 0.2) is 0 Å². The summed E-state index contributed by atoms with van der Waals surface area (Å²) in [7, 11) is 0. The van der Waals surface area contributed by atoms with E-state index < -0.39 is 6.10 Å². The monoisotopic (exact) mass is 213 g/mol. The van der Waals surface area contributed by atoms with Crippen LogP contribution in [0.25, 0.3) is 0 Å². The first-order valence-electron chi connectivity index (χ1n) is 4.96. The molecule has 3 N–H and O–H groups in total. The van der Waals surface area contributed by atoms with E-state index in [4.69, 9.17) is 10.2 Å². The van der Waals surface area contributed by atoms with Crippen LogP contribution in [-0.4, -0.2) is 36.0 Å². The maximum atomic E-state index is 12.8. The second-order valence-electron chi connectivity index (χ2n) is 3.42. The van der Waals surface area contributed by atoms with Gasteiger partial charge in [-0.15, -0.1) is 0 Å². The summed E-state index contributed by atoms with van der Waals surface area (Å²) in [5, 5.41) is 20.5. The topological polar surface area (TPSA) is 52.5 Å². The van der Waals surface area contributed by atoms with E-state index in [0.29, 0.717) is 19.5 Å².